The molecule has 0 aliphatic heterocycles. The van der Waals surface area contributed by atoms with Gasteiger partial charge in [0.2, 0.25) is 0 Å². The number of carboxylic acid groups (broad SMARTS) is 1. The number of nitrogens with zero attached hydrogens (tertiary/aromatic N) is 3. The van der Waals surface area contributed by atoms with Crippen molar-refractivity contribution in [1.82, 2.24) is 9.78 Å². The van der Waals surface area contributed by atoms with E-state index in [-0.39, 0.29) is 16.9 Å². The van der Waals surface area contributed by atoms with Gasteiger partial charge in [0.25, 0.3) is 0 Å². The van der Waals surface area contributed by atoms with Crippen LogP contribution in [0.3, 0.4) is 0 Å². The molecule has 0 spiro atoms. The van der Waals surface area contributed by atoms with Crippen molar-refractivity contribution in [1.29, 1.82) is 0 Å². The SMILES string of the molecule is Cc1nn(-c2cc(Br)cc(C(=O)O)c2)c(C)c1[N+](=O)[O-]. The zero-order valence-electron chi connectivity index (χ0n) is 10.6. The molecule has 0 aliphatic carbocycles. The first-order chi connectivity index (χ1) is 9.31. The number of benzene rings is 1. The zero-order chi connectivity index (χ0) is 15.0. The molecule has 0 aliphatic rings. The van der Waals surface area contributed by atoms with Crippen molar-refractivity contribution in [2.75, 3.05) is 0 Å². The van der Waals surface area contributed by atoms with Crippen LogP contribution in [-0.2, 0) is 0 Å². The summed E-state index contributed by atoms with van der Waals surface area (Å²) in [6.45, 7) is 3.11. The summed E-state index contributed by atoms with van der Waals surface area (Å²) in [7, 11) is 0. The van der Waals surface area contributed by atoms with Gasteiger partial charge in [-0.1, -0.05) is 15.9 Å². The van der Waals surface area contributed by atoms with Gasteiger partial charge in [0.05, 0.1) is 16.2 Å². The van der Waals surface area contributed by atoms with E-state index in [2.05, 4.69) is 21.0 Å². The molecule has 1 N–H and O–H groups in total. The topological polar surface area (TPSA) is 98.3 Å². The summed E-state index contributed by atoms with van der Waals surface area (Å²) in [6.07, 6.45) is 0. The molecule has 0 fully saturated rings. The number of aryl methyl sites for hydroxylation is 1. The summed E-state index contributed by atoms with van der Waals surface area (Å²) >= 11 is 3.22. The summed E-state index contributed by atoms with van der Waals surface area (Å²) in [5.74, 6) is -1.08. The summed E-state index contributed by atoms with van der Waals surface area (Å²) < 4.78 is 1.92. The predicted molar refractivity (Wildman–Crippen MR) is 74.4 cm³/mol. The van der Waals surface area contributed by atoms with Crippen molar-refractivity contribution in [2.24, 2.45) is 0 Å². The highest BCUT2D eigenvalue weighted by Crippen LogP contribution is 2.26. The van der Waals surface area contributed by atoms with Crippen LogP contribution in [0.2, 0.25) is 0 Å². The van der Waals surface area contributed by atoms with Crippen molar-refractivity contribution in [3.05, 3.63) is 49.7 Å². The van der Waals surface area contributed by atoms with Crippen LogP contribution < -0.4 is 0 Å². The van der Waals surface area contributed by atoms with E-state index >= 15 is 0 Å². The Morgan fingerprint density at radius 2 is 2.05 bits per heavy atom. The van der Waals surface area contributed by atoms with Gasteiger partial charge in [0.1, 0.15) is 11.4 Å². The maximum absolute atomic E-state index is 11.0. The van der Waals surface area contributed by atoms with Crippen LogP contribution in [0.1, 0.15) is 21.7 Å². The Morgan fingerprint density at radius 1 is 1.40 bits per heavy atom. The molecule has 2 rings (SSSR count). The normalized spacial score (nSPS) is 10.6. The minimum Gasteiger partial charge on any atom is -0.478 e. The van der Waals surface area contributed by atoms with Gasteiger partial charge in [-0.15, -0.1) is 0 Å². The van der Waals surface area contributed by atoms with Crippen LogP contribution >= 0.6 is 15.9 Å². The Hall–Kier alpha value is -2.22. The fourth-order valence-electron chi connectivity index (χ4n) is 1.97. The molecule has 0 unspecified atom stereocenters. The van der Waals surface area contributed by atoms with Gasteiger partial charge in [-0.05, 0) is 32.0 Å². The highest BCUT2D eigenvalue weighted by molar-refractivity contribution is 9.10. The molecule has 0 amide bonds. The van der Waals surface area contributed by atoms with Crippen molar-refractivity contribution >= 4 is 27.6 Å². The molecule has 2 aromatic rings. The van der Waals surface area contributed by atoms with Crippen LogP contribution in [-0.4, -0.2) is 25.8 Å². The van der Waals surface area contributed by atoms with E-state index in [0.29, 0.717) is 15.9 Å². The molecule has 0 atom stereocenters. The largest absolute Gasteiger partial charge is 0.478 e. The quantitative estimate of drug-likeness (QED) is 0.684. The number of rotatable bonds is 3. The fourth-order valence-corrected chi connectivity index (χ4v) is 2.45. The van der Waals surface area contributed by atoms with Gasteiger partial charge in [-0.3, -0.25) is 10.1 Å². The molecule has 0 radical (unpaired) electrons. The van der Waals surface area contributed by atoms with Crippen LogP contribution in [0.5, 0.6) is 0 Å². The van der Waals surface area contributed by atoms with Crippen molar-refractivity contribution < 1.29 is 14.8 Å². The Balaban J connectivity index is 2.66. The van der Waals surface area contributed by atoms with Gasteiger partial charge >= 0.3 is 11.7 Å². The summed E-state index contributed by atoms with van der Waals surface area (Å²) in [4.78, 5) is 21.5. The van der Waals surface area contributed by atoms with Gasteiger partial charge < -0.3 is 5.11 Å². The molecular weight excluding hydrogens is 330 g/mol. The highest BCUT2D eigenvalue weighted by atomic mass is 79.9. The van der Waals surface area contributed by atoms with Crippen molar-refractivity contribution in [3.63, 3.8) is 0 Å². The third-order valence-electron chi connectivity index (χ3n) is 2.81. The van der Waals surface area contributed by atoms with E-state index in [9.17, 15) is 14.9 Å². The Kier molecular flexibility index (Phi) is 3.58. The summed E-state index contributed by atoms with van der Waals surface area (Å²) in [5, 5.41) is 24.1. The first kappa shape index (κ1) is 14.2. The lowest BCUT2D eigenvalue weighted by atomic mass is 10.2. The maximum Gasteiger partial charge on any atom is 0.335 e. The van der Waals surface area contributed by atoms with Gasteiger partial charge in [0, 0.05) is 4.47 Å². The zero-order valence-corrected chi connectivity index (χ0v) is 12.2. The molecule has 104 valence electrons. The predicted octanol–water partition coefficient (Wildman–Crippen LogP) is 2.86. The molecule has 7 nitrogen and oxygen atoms in total. The van der Waals surface area contributed by atoms with E-state index in [1.54, 1.807) is 13.0 Å². The summed E-state index contributed by atoms with van der Waals surface area (Å²) in [5.41, 5.74) is 1.09. The number of aromatic nitrogens is 2. The van der Waals surface area contributed by atoms with Gasteiger partial charge in [0.15, 0.2) is 0 Å². The lowest BCUT2D eigenvalue weighted by Gasteiger charge is -2.06. The molecular formula is C12H10BrN3O4. The molecule has 1 heterocycles. The van der Waals surface area contributed by atoms with Gasteiger partial charge in [-0.2, -0.15) is 5.10 Å². The van der Waals surface area contributed by atoms with Crippen LogP contribution in [0, 0.1) is 24.0 Å². The first-order valence-corrected chi connectivity index (χ1v) is 6.35. The first-order valence-electron chi connectivity index (χ1n) is 5.56. The molecule has 1 aromatic carbocycles. The van der Waals surface area contributed by atoms with Crippen molar-refractivity contribution in [2.45, 2.75) is 13.8 Å². The molecule has 0 saturated heterocycles. The van der Waals surface area contributed by atoms with E-state index in [1.165, 1.54) is 23.7 Å². The van der Waals surface area contributed by atoms with E-state index < -0.39 is 10.9 Å². The highest BCUT2D eigenvalue weighted by Gasteiger charge is 2.23. The summed E-state index contributed by atoms with van der Waals surface area (Å²) in [6, 6.07) is 4.51. The monoisotopic (exact) mass is 339 g/mol. The Bertz CT molecular complexity index is 724. The minimum atomic E-state index is -1.08. The number of nitro groups is 1. The molecule has 1 aromatic heterocycles. The van der Waals surface area contributed by atoms with E-state index in [4.69, 9.17) is 5.11 Å². The lowest BCUT2D eigenvalue weighted by molar-refractivity contribution is -0.386. The molecule has 8 heteroatoms. The lowest BCUT2D eigenvalue weighted by Crippen LogP contribution is -2.03. The molecule has 20 heavy (non-hydrogen) atoms. The fraction of sp³-hybridized carbons (Fsp3) is 0.167. The van der Waals surface area contributed by atoms with Gasteiger partial charge in [-0.25, -0.2) is 9.48 Å². The Labute approximate surface area is 122 Å². The molecule has 0 saturated carbocycles. The molecule has 0 bridgehead atoms. The second-order valence-electron chi connectivity index (χ2n) is 4.19. The van der Waals surface area contributed by atoms with Crippen molar-refractivity contribution in [3.8, 4) is 5.69 Å². The standard InChI is InChI=1S/C12H10BrN3O4/c1-6-11(16(19)20)7(2)15(14-6)10-4-8(12(17)18)3-9(13)5-10/h3-5H,1-2H3,(H,17,18). The second kappa shape index (κ2) is 5.04. The average Bonchev–Trinajstić information content (AvgIpc) is 2.63. The van der Waals surface area contributed by atoms with E-state index in [1.807, 2.05) is 0 Å². The third kappa shape index (κ3) is 2.42. The number of halogens is 1. The number of hydrogen-bond acceptors (Lipinski definition) is 4. The number of carbonyl (C=O) groups is 1. The van der Waals surface area contributed by atoms with Crippen LogP contribution in [0.25, 0.3) is 5.69 Å². The average molecular weight is 340 g/mol. The second-order valence-corrected chi connectivity index (χ2v) is 5.11. The maximum atomic E-state index is 11.0. The van der Waals surface area contributed by atoms with Crippen LogP contribution in [0.15, 0.2) is 22.7 Å². The van der Waals surface area contributed by atoms with Crippen LogP contribution in [0.4, 0.5) is 5.69 Å². The number of hydrogen-bond donors (Lipinski definition) is 1. The minimum absolute atomic E-state index is 0.0677. The third-order valence-corrected chi connectivity index (χ3v) is 3.27. The number of carboxylic acids is 1. The Morgan fingerprint density at radius 3 is 2.55 bits per heavy atom. The smallest absolute Gasteiger partial charge is 0.335 e. The van der Waals surface area contributed by atoms with E-state index in [0.717, 1.165) is 0 Å². The number of aromatic carboxylic acids is 1.